The summed E-state index contributed by atoms with van der Waals surface area (Å²) in [5, 5.41) is 0.163. The Morgan fingerprint density at radius 1 is 0.931 bits per heavy atom. The molecule has 154 valence electrons. The van der Waals surface area contributed by atoms with Crippen molar-refractivity contribution < 1.29 is 4.43 Å². The van der Waals surface area contributed by atoms with E-state index in [0.29, 0.717) is 12.1 Å². The van der Waals surface area contributed by atoms with Crippen LogP contribution in [0.2, 0.25) is 18.1 Å². The lowest BCUT2D eigenvalue weighted by molar-refractivity contribution is 0.281. The van der Waals surface area contributed by atoms with Crippen LogP contribution in [0.15, 0.2) is 85.3 Å². The molecule has 0 unspecified atom stereocenters. The third-order valence-electron chi connectivity index (χ3n) is 6.43. The second-order valence-electron chi connectivity index (χ2n) is 9.52. The first-order chi connectivity index (χ1) is 13.7. The molecule has 1 aliphatic rings. The summed E-state index contributed by atoms with van der Waals surface area (Å²) in [4.78, 5) is 2.49. The van der Waals surface area contributed by atoms with E-state index >= 15 is 0 Å². The van der Waals surface area contributed by atoms with Crippen LogP contribution in [0.1, 0.15) is 56.8 Å². The lowest BCUT2D eigenvalue weighted by atomic mass is 10.0. The highest BCUT2D eigenvalue weighted by molar-refractivity contribution is 6.74. The zero-order valence-electron chi connectivity index (χ0n) is 18.6. The van der Waals surface area contributed by atoms with Gasteiger partial charge in [-0.2, -0.15) is 0 Å². The highest BCUT2D eigenvalue weighted by atomic mass is 28.4. The Morgan fingerprint density at radius 2 is 1.38 bits per heavy atom. The van der Waals surface area contributed by atoms with Gasteiger partial charge in [-0.1, -0.05) is 88.0 Å². The molecule has 0 spiro atoms. The monoisotopic (exact) mass is 405 g/mol. The Kier molecular flexibility index (Phi) is 6.38. The predicted octanol–water partition coefficient (Wildman–Crippen LogP) is 7.61. The van der Waals surface area contributed by atoms with Crippen molar-refractivity contribution in [1.82, 2.24) is 4.90 Å². The molecule has 0 N–H and O–H groups in total. The summed E-state index contributed by atoms with van der Waals surface area (Å²) in [6, 6.07) is 22.4. The van der Waals surface area contributed by atoms with Gasteiger partial charge < -0.3 is 9.33 Å². The average molecular weight is 406 g/mol. The van der Waals surface area contributed by atoms with E-state index < -0.39 is 8.32 Å². The van der Waals surface area contributed by atoms with Crippen molar-refractivity contribution in [3.05, 3.63) is 96.4 Å². The molecule has 3 rings (SSSR count). The summed E-state index contributed by atoms with van der Waals surface area (Å²) in [5.41, 5.74) is 2.73. The first kappa shape index (κ1) is 21.4. The number of allylic oxidation sites excluding steroid dienone is 1. The fraction of sp³-hybridized carbons (Fsp3) is 0.385. The maximum absolute atomic E-state index is 6.37. The van der Waals surface area contributed by atoms with E-state index in [1.165, 1.54) is 11.1 Å². The Bertz CT molecular complexity index is 789. The lowest BCUT2D eigenvalue weighted by Gasteiger charge is -2.36. The molecule has 0 bridgehead atoms. The highest BCUT2D eigenvalue weighted by Crippen LogP contribution is 2.44. The van der Waals surface area contributed by atoms with Gasteiger partial charge >= 0.3 is 0 Å². The van der Waals surface area contributed by atoms with Crippen molar-refractivity contribution in [2.75, 3.05) is 0 Å². The largest absolute Gasteiger partial charge is 0.544 e. The fourth-order valence-electron chi connectivity index (χ4n) is 3.75. The Labute approximate surface area is 178 Å². The SMILES string of the molecule is C=C(/C=C/N1[C@@H](c2ccccc2)CC[C@@H]1c1ccccc1)O[Si](C)(C)C(C)(C)C. The molecule has 29 heavy (non-hydrogen) atoms. The number of nitrogens with zero attached hydrogens (tertiary/aromatic N) is 1. The van der Waals surface area contributed by atoms with Gasteiger partial charge in [0.2, 0.25) is 8.32 Å². The Morgan fingerprint density at radius 3 is 1.79 bits per heavy atom. The number of benzene rings is 2. The van der Waals surface area contributed by atoms with Gasteiger partial charge in [0, 0.05) is 6.20 Å². The minimum atomic E-state index is -1.88. The van der Waals surface area contributed by atoms with E-state index in [0.717, 1.165) is 18.6 Å². The smallest absolute Gasteiger partial charge is 0.250 e. The summed E-state index contributed by atoms with van der Waals surface area (Å²) in [5.74, 6) is 0.766. The van der Waals surface area contributed by atoms with Crippen LogP contribution in [0.5, 0.6) is 0 Å². The van der Waals surface area contributed by atoms with Crippen LogP contribution in [0, 0.1) is 0 Å². The molecule has 2 aromatic rings. The first-order valence-electron chi connectivity index (χ1n) is 10.6. The summed E-state index contributed by atoms with van der Waals surface area (Å²) < 4.78 is 6.37. The third-order valence-corrected chi connectivity index (χ3v) is 10.8. The van der Waals surface area contributed by atoms with Crippen molar-refractivity contribution in [2.45, 2.75) is 63.8 Å². The Balaban J connectivity index is 1.84. The van der Waals surface area contributed by atoms with Gasteiger partial charge in [-0.05, 0) is 48.2 Å². The van der Waals surface area contributed by atoms with Crippen molar-refractivity contribution in [1.29, 1.82) is 0 Å². The van der Waals surface area contributed by atoms with Gasteiger partial charge in [0.1, 0.15) is 0 Å². The molecule has 2 aromatic carbocycles. The maximum Gasteiger partial charge on any atom is 0.250 e. The average Bonchev–Trinajstić information content (AvgIpc) is 3.10. The van der Waals surface area contributed by atoms with E-state index in [1.807, 2.05) is 0 Å². The molecule has 0 saturated carbocycles. The quantitative estimate of drug-likeness (QED) is 0.278. The molecule has 3 heteroatoms. The topological polar surface area (TPSA) is 12.5 Å². The molecule has 2 atom stereocenters. The Hall–Kier alpha value is -2.26. The van der Waals surface area contributed by atoms with Crippen LogP contribution in [-0.4, -0.2) is 13.2 Å². The van der Waals surface area contributed by atoms with Crippen molar-refractivity contribution >= 4 is 8.32 Å². The summed E-state index contributed by atoms with van der Waals surface area (Å²) in [7, 11) is -1.88. The van der Waals surface area contributed by atoms with E-state index in [1.54, 1.807) is 0 Å². The molecule has 0 amide bonds. The molecule has 1 fully saturated rings. The van der Waals surface area contributed by atoms with Gasteiger partial charge in [0.15, 0.2) is 0 Å². The van der Waals surface area contributed by atoms with Gasteiger partial charge in [-0.25, -0.2) is 0 Å². The summed E-state index contributed by atoms with van der Waals surface area (Å²) >= 11 is 0. The molecule has 0 aliphatic carbocycles. The molecular weight excluding hydrogens is 370 g/mol. The van der Waals surface area contributed by atoms with Gasteiger partial charge in [-0.15, -0.1) is 0 Å². The molecule has 0 radical (unpaired) electrons. The summed E-state index contributed by atoms with van der Waals surface area (Å²) in [6.07, 6.45) is 6.56. The van der Waals surface area contributed by atoms with Crippen molar-refractivity contribution in [3.63, 3.8) is 0 Å². The van der Waals surface area contributed by atoms with Crippen LogP contribution >= 0.6 is 0 Å². The standard InChI is InChI=1S/C26H35NOSi/c1-21(28-29(5,6)26(2,3)4)19-20-27-24(22-13-9-7-10-14-22)17-18-25(27)23-15-11-8-12-16-23/h7-16,19-20,24-25H,1,17-18H2,2-6H3/b20-19+/t24-,25-/m1/s1. The van der Waals surface area contributed by atoms with Crippen molar-refractivity contribution in [3.8, 4) is 0 Å². The normalized spacial score (nSPS) is 20.2. The number of hydrogen-bond acceptors (Lipinski definition) is 2. The number of hydrogen-bond donors (Lipinski definition) is 0. The second kappa shape index (κ2) is 8.62. The fourth-order valence-corrected chi connectivity index (χ4v) is 4.78. The van der Waals surface area contributed by atoms with E-state index in [4.69, 9.17) is 4.43 Å². The van der Waals surface area contributed by atoms with Crippen LogP contribution < -0.4 is 0 Å². The second-order valence-corrected chi connectivity index (χ2v) is 14.2. The van der Waals surface area contributed by atoms with Crippen molar-refractivity contribution in [2.24, 2.45) is 0 Å². The predicted molar refractivity (Wildman–Crippen MR) is 126 cm³/mol. The first-order valence-corrected chi connectivity index (χ1v) is 13.5. The van der Waals surface area contributed by atoms with E-state index in [-0.39, 0.29) is 5.04 Å². The highest BCUT2D eigenvalue weighted by Gasteiger charge is 2.39. The number of likely N-dealkylation sites (tertiary alicyclic amines) is 1. The number of rotatable bonds is 6. The van der Waals surface area contributed by atoms with E-state index in [2.05, 4.69) is 118 Å². The molecular formula is C26H35NOSi. The zero-order valence-corrected chi connectivity index (χ0v) is 19.6. The molecule has 2 nitrogen and oxygen atoms in total. The molecule has 0 aromatic heterocycles. The lowest BCUT2D eigenvalue weighted by Crippen LogP contribution is -2.40. The molecule has 1 heterocycles. The van der Waals surface area contributed by atoms with Crippen LogP contribution in [-0.2, 0) is 4.43 Å². The molecule has 1 saturated heterocycles. The minimum absolute atomic E-state index is 0.163. The van der Waals surface area contributed by atoms with Gasteiger partial charge in [0.25, 0.3) is 0 Å². The zero-order chi connectivity index (χ0) is 21.1. The minimum Gasteiger partial charge on any atom is -0.544 e. The molecule has 1 aliphatic heterocycles. The van der Waals surface area contributed by atoms with Crippen LogP contribution in [0.4, 0.5) is 0 Å². The van der Waals surface area contributed by atoms with E-state index in [9.17, 15) is 0 Å². The van der Waals surface area contributed by atoms with Crippen LogP contribution in [0.25, 0.3) is 0 Å². The van der Waals surface area contributed by atoms with Gasteiger partial charge in [-0.3, -0.25) is 0 Å². The van der Waals surface area contributed by atoms with Gasteiger partial charge in [0.05, 0.1) is 17.8 Å². The third kappa shape index (κ3) is 5.02. The van der Waals surface area contributed by atoms with Crippen LogP contribution in [0.3, 0.4) is 0 Å². The maximum atomic E-state index is 6.37. The summed E-state index contributed by atoms with van der Waals surface area (Å²) in [6.45, 7) is 15.5.